The number of benzene rings is 3. The fourth-order valence-electron chi connectivity index (χ4n) is 4.71. The van der Waals surface area contributed by atoms with Gasteiger partial charge in [0.05, 0.1) is 12.3 Å². The van der Waals surface area contributed by atoms with Crippen molar-refractivity contribution in [3.05, 3.63) is 89.3 Å². The molecule has 6 heteroatoms. The Labute approximate surface area is 238 Å². The molecule has 0 unspecified atom stereocenters. The Kier molecular flexibility index (Phi) is 10.5. The lowest BCUT2D eigenvalue weighted by Gasteiger charge is -2.17. The number of ether oxygens (including phenoxy) is 2. The van der Waals surface area contributed by atoms with Crippen LogP contribution in [0.25, 0.3) is 16.9 Å². The summed E-state index contributed by atoms with van der Waals surface area (Å²) >= 11 is 6.00. The molecular formula is C33H40ClN3O2. The number of rotatable bonds is 14. The topological polar surface area (TPSA) is 39.5 Å². The van der Waals surface area contributed by atoms with Gasteiger partial charge in [0, 0.05) is 34.9 Å². The molecule has 39 heavy (non-hydrogen) atoms. The summed E-state index contributed by atoms with van der Waals surface area (Å²) in [6.07, 6.45) is 4.16. The smallest absolute Gasteiger partial charge is 0.127 e. The normalized spacial score (nSPS) is 11.2. The van der Waals surface area contributed by atoms with Gasteiger partial charge in [-0.3, -0.25) is 0 Å². The lowest BCUT2D eigenvalue weighted by atomic mass is 10.1. The van der Waals surface area contributed by atoms with Crippen LogP contribution in [0.4, 0.5) is 0 Å². The lowest BCUT2D eigenvalue weighted by molar-refractivity contribution is 0.249. The Balaban J connectivity index is 1.50. The van der Waals surface area contributed by atoms with Gasteiger partial charge in [-0.05, 0) is 106 Å². The molecule has 206 valence electrons. The predicted octanol–water partition coefficient (Wildman–Crippen LogP) is 8.75. The molecule has 4 aromatic rings. The van der Waals surface area contributed by atoms with E-state index in [9.17, 15) is 0 Å². The summed E-state index contributed by atoms with van der Waals surface area (Å²) in [5, 5.41) is 0.691. The Morgan fingerprint density at radius 1 is 0.795 bits per heavy atom. The molecular weight excluding hydrogens is 506 g/mol. The van der Waals surface area contributed by atoms with E-state index in [0.29, 0.717) is 5.02 Å². The third kappa shape index (κ3) is 7.65. The molecule has 1 aromatic heterocycles. The zero-order valence-corrected chi connectivity index (χ0v) is 24.4. The van der Waals surface area contributed by atoms with E-state index < -0.39 is 0 Å². The highest BCUT2D eigenvalue weighted by Crippen LogP contribution is 2.30. The van der Waals surface area contributed by atoms with Gasteiger partial charge in [0.1, 0.15) is 23.1 Å². The molecule has 0 fully saturated rings. The highest BCUT2D eigenvalue weighted by atomic mass is 35.5. The minimum absolute atomic E-state index is 0.691. The molecule has 1 heterocycles. The molecule has 5 nitrogen and oxygen atoms in total. The van der Waals surface area contributed by atoms with Crippen LogP contribution < -0.4 is 9.47 Å². The van der Waals surface area contributed by atoms with Crippen molar-refractivity contribution in [1.82, 2.24) is 14.5 Å². The first kappa shape index (κ1) is 28.7. The number of aryl methyl sites for hydroxylation is 1. The van der Waals surface area contributed by atoms with Crippen molar-refractivity contribution in [2.24, 2.45) is 0 Å². The van der Waals surface area contributed by atoms with Crippen molar-refractivity contribution >= 4 is 11.6 Å². The summed E-state index contributed by atoms with van der Waals surface area (Å²) in [5.41, 5.74) is 4.31. The minimum Gasteiger partial charge on any atom is -0.494 e. The Morgan fingerprint density at radius 3 is 2.03 bits per heavy atom. The lowest BCUT2D eigenvalue weighted by Crippen LogP contribution is -2.25. The van der Waals surface area contributed by atoms with Crippen LogP contribution in [0.15, 0.2) is 72.8 Å². The number of unbranched alkanes of at least 4 members (excludes halogenated alkanes) is 1. The quantitative estimate of drug-likeness (QED) is 0.148. The minimum atomic E-state index is 0.691. The van der Waals surface area contributed by atoms with Crippen LogP contribution in [0.5, 0.6) is 17.2 Å². The molecule has 0 N–H and O–H groups in total. The number of hydrogen-bond donors (Lipinski definition) is 0. The van der Waals surface area contributed by atoms with Crippen LogP contribution in [-0.2, 0) is 6.42 Å². The van der Waals surface area contributed by atoms with Crippen molar-refractivity contribution in [1.29, 1.82) is 0 Å². The van der Waals surface area contributed by atoms with Gasteiger partial charge in [0.2, 0.25) is 0 Å². The van der Waals surface area contributed by atoms with Gasteiger partial charge in [0.25, 0.3) is 0 Å². The average molecular weight is 546 g/mol. The molecule has 0 saturated heterocycles. The molecule has 0 aliphatic rings. The summed E-state index contributed by atoms with van der Waals surface area (Å²) < 4.78 is 14.3. The van der Waals surface area contributed by atoms with E-state index in [0.717, 1.165) is 97.6 Å². The van der Waals surface area contributed by atoms with Gasteiger partial charge >= 0.3 is 0 Å². The summed E-state index contributed by atoms with van der Waals surface area (Å²) in [4.78, 5) is 7.53. The first-order valence-corrected chi connectivity index (χ1v) is 14.5. The van der Waals surface area contributed by atoms with Crippen molar-refractivity contribution in [3.8, 4) is 34.2 Å². The molecule has 0 spiro atoms. The van der Waals surface area contributed by atoms with Crippen molar-refractivity contribution in [2.75, 3.05) is 26.2 Å². The third-order valence-corrected chi connectivity index (χ3v) is 7.24. The van der Waals surface area contributed by atoms with E-state index in [1.165, 1.54) is 0 Å². The number of hydrogen-bond acceptors (Lipinski definition) is 4. The van der Waals surface area contributed by atoms with Crippen LogP contribution in [-0.4, -0.2) is 40.7 Å². The number of nitrogens with zero attached hydrogens (tertiary/aromatic N) is 3. The van der Waals surface area contributed by atoms with E-state index in [1.807, 2.05) is 36.4 Å². The maximum Gasteiger partial charge on any atom is 0.127 e. The molecule has 0 atom stereocenters. The zero-order valence-electron chi connectivity index (χ0n) is 23.6. The largest absolute Gasteiger partial charge is 0.494 e. The highest BCUT2D eigenvalue weighted by molar-refractivity contribution is 6.30. The summed E-state index contributed by atoms with van der Waals surface area (Å²) in [6, 6.07) is 23.9. The van der Waals surface area contributed by atoms with Gasteiger partial charge in [-0.1, -0.05) is 38.8 Å². The highest BCUT2D eigenvalue weighted by Gasteiger charge is 2.17. The standard InChI is InChI=1S/C33H40ClN3O2/c1-5-8-10-32-35-33(26-11-17-29(18-12-26)38-24-9-23-36(6-2)7-3)25(4)37(32)28-15-21-31(22-16-28)39-30-19-13-27(34)14-20-30/h11-22H,5-10,23-24H2,1-4H3. The second-order valence-electron chi connectivity index (χ2n) is 9.70. The Morgan fingerprint density at radius 2 is 1.41 bits per heavy atom. The molecule has 0 aliphatic heterocycles. The van der Waals surface area contributed by atoms with Crippen LogP contribution in [0, 0.1) is 6.92 Å². The van der Waals surface area contributed by atoms with Gasteiger partial charge in [-0.25, -0.2) is 4.98 Å². The molecule has 0 bridgehead atoms. The number of imidazole rings is 1. The van der Waals surface area contributed by atoms with Crippen molar-refractivity contribution in [3.63, 3.8) is 0 Å². The second-order valence-corrected chi connectivity index (χ2v) is 10.1. The zero-order chi connectivity index (χ0) is 27.6. The van der Waals surface area contributed by atoms with Crippen molar-refractivity contribution < 1.29 is 9.47 Å². The van der Waals surface area contributed by atoms with Crippen molar-refractivity contribution in [2.45, 2.75) is 53.4 Å². The molecule has 0 amide bonds. The molecule has 4 rings (SSSR count). The van der Waals surface area contributed by atoms with Gasteiger partial charge in [-0.15, -0.1) is 0 Å². The maximum atomic E-state index is 6.01. The van der Waals surface area contributed by atoms with E-state index in [4.69, 9.17) is 26.1 Å². The van der Waals surface area contributed by atoms with Gasteiger partial charge in [0.15, 0.2) is 0 Å². The van der Waals surface area contributed by atoms with Crippen LogP contribution in [0.2, 0.25) is 5.02 Å². The molecule has 3 aromatic carbocycles. The first-order valence-electron chi connectivity index (χ1n) is 14.1. The fourth-order valence-corrected chi connectivity index (χ4v) is 4.83. The van der Waals surface area contributed by atoms with Gasteiger partial charge in [-0.2, -0.15) is 0 Å². The van der Waals surface area contributed by atoms with E-state index in [1.54, 1.807) is 0 Å². The number of aromatic nitrogens is 2. The van der Waals surface area contributed by atoms with Gasteiger partial charge < -0.3 is 18.9 Å². The van der Waals surface area contributed by atoms with Crippen LogP contribution in [0.3, 0.4) is 0 Å². The van der Waals surface area contributed by atoms with E-state index in [2.05, 4.69) is 73.6 Å². The third-order valence-electron chi connectivity index (χ3n) is 6.98. The summed E-state index contributed by atoms with van der Waals surface area (Å²) in [5.74, 6) is 3.51. The SMILES string of the molecule is CCCCc1nc(-c2ccc(OCCCN(CC)CC)cc2)c(C)n1-c1ccc(Oc2ccc(Cl)cc2)cc1. The van der Waals surface area contributed by atoms with E-state index in [-0.39, 0.29) is 0 Å². The second kappa shape index (κ2) is 14.2. The average Bonchev–Trinajstić information content (AvgIpc) is 3.29. The summed E-state index contributed by atoms with van der Waals surface area (Å²) in [6.45, 7) is 12.7. The predicted molar refractivity (Wildman–Crippen MR) is 162 cm³/mol. The molecule has 0 radical (unpaired) electrons. The summed E-state index contributed by atoms with van der Waals surface area (Å²) in [7, 11) is 0. The first-order chi connectivity index (χ1) is 19.0. The van der Waals surface area contributed by atoms with Crippen LogP contribution in [0.1, 0.15) is 51.6 Å². The Bertz CT molecular complexity index is 1290. The van der Waals surface area contributed by atoms with E-state index >= 15 is 0 Å². The monoisotopic (exact) mass is 545 g/mol. The Hall–Kier alpha value is -3.28. The van der Waals surface area contributed by atoms with Crippen LogP contribution >= 0.6 is 11.6 Å². The molecule has 0 aliphatic carbocycles. The molecule has 0 saturated carbocycles. The fraction of sp³-hybridized carbons (Fsp3) is 0.364. The number of halogens is 1. The maximum absolute atomic E-state index is 6.01.